The Kier molecular flexibility index (Phi) is 8.62. The van der Waals surface area contributed by atoms with Gasteiger partial charge in [0.1, 0.15) is 17.3 Å². The number of Topliss-reactive ketones (excluding diaryl/α,β-unsaturated/α-hetero) is 1. The van der Waals surface area contributed by atoms with Gasteiger partial charge in [0.2, 0.25) is 0 Å². The summed E-state index contributed by atoms with van der Waals surface area (Å²) in [5, 5.41) is 11.7. The largest absolute Gasteiger partial charge is 0.507 e. The van der Waals surface area contributed by atoms with Gasteiger partial charge in [-0.15, -0.1) is 0 Å². The second-order valence-electron chi connectivity index (χ2n) is 11.4. The monoisotopic (exact) mass is 542 g/mol. The number of hydrogen-bond donors (Lipinski definition) is 1. The third kappa shape index (κ3) is 6.19. The van der Waals surface area contributed by atoms with Crippen LogP contribution < -0.4 is 9.47 Å². The van der Waals surface area contributed by atoms with Gasteiger partial charge in [0.25, 0.3) is 11.7 Å². The molecule has 7 heteroatoms. The molecular weight excluding hydrogens is 504 g/mol. The lowest BCUT2D eigenvalue weighted by atomic mass is 9.84. The van der Waals surface area contributed by atoms with Gasteiger partial charge in [-0.1, -0.05) is 52.8 Å². The van der Waals surface area contributed by atoms with Gasteiger partial charge in [-0.05, 0) is 66.3 Å². The average molecular weight is 543 g/mol. The van der Waals surface area contributed by atoms with Gasteiger partial charge < -0.3 is 19.5 Å². The molecule has 0 spiro atoms. The molecule has 1 aromatic heterocycles. The number of carbonyl (C=O) groups excluding carboxylic acids is 2. The first kappa shape index (κ1) is 28.9. The molecule has 210 valence electrons. The summed E-state index contributed by atoms with van der Waals surface area (Å²) in [4.78, 5) is 32.9. The molecule has 2 aromatic carbocycles. The van der Waals surface area contributed by atoms with Crippen molar-refractivity contribution in [2.45, 2.75) is 59.5 Å². The molecular formula is C33H38N2O5. The van der Waals surface area contributed by atoms with Gasteiger partial charge in [-0.25, -0.2) is 0 Å². The predicted octanol–water partition coefficient (Wildman–Crippen LogP) is 6.43. The van der Waals surface area contributed by atoms with Crippen LogP contribution in [-0.4, -0.2) is 39.9 Å². The fraction of sp³-hybridized carbons (Fsp3) is 0.364. The van der Waals surface area contributed by atoms with E-state index in [0.717, 1.165) is 5.56 Å². The quantitative estimate of drug-likeness (QED) is 0.190. The van der Waals surface area contributed by atoms with Crippen molar-refractivity contribution < 1.29 is 24.2 Å². The first-order valence-electron chi connectivity index (χ1n) is 13.7. The smallest absolute Gasteiger partial charge is 0.296 e. The molecule has 1 unspecified atom stereocenters. The highest BCUT2D eigenvalue weighted by Crippen LogP contribution is 2.42. The zero-order valence-electron chi connectivity index (χ0n) is 24.1. The van der Waals surface area contributed by atoms with Crippen LogP contribution in [-0.2, 0) is 21.5 Å². The fourth-order valence-electron chi connectivity index (χ4n) is 4.79. The van der Waals surface area contributed by atoms with E-state index in [0.29, 0.717) is 47.5 Å². The SMILES string of the molecule is CCOc1ccc(/C(O)=C2\C(=O)C(=O)N(Cc3ccccn3)C2c2cccc(OCC(C)C)c2)cc1C(C)(C)C. The molecule has 0 saturated carbocycles. The number of likely N-dealkylation sites (tertiary alicyclic amines) is 1. The predicted molar refractivity (Wildman–Crippen MR) is 155 cm³/mol. The number of rotatable bonds is 9. The van der Waals surface area contributed by atoms with Crippen LogP contribution in [0.15, 0.2) is 72.4 Å². The second-order valence-corrected chi connectivity index (χ2v) is 11.4. The maximum Gasteiger partial charge on any atom is 0.296 e. The van der Waals surface area contributed by atoms with Gasteiger partial charge in [0, 0.05) is 17.3 Å². The number of ketones is 1. The van der Waals surface area contributed by atoms with Crippen LogP contribution in [0.2, 0.25) is 0 Å². The van der Waals surface area contributed by atoms with E-state index in [2.05, 4.69) is 39.6 Å². The van der Waals surface area contributed by atoms with Gasteiger partial charge >= 0.3 is 0 Å². The number of aromatic nitrogens is 1. The maximum absolute atomic E-state index is 13.6. The lowest BCUT2D eigenvalue weighted by Crippen LogP contribution is -2.29. The minimum Gasteiger partial charge on any atom is -0.507 e. The van der Waals surface area contributed by atoms with Crippen molar-refractivity contribution in [1.29, 1.82) is 0 Å². The van der Waals surface area contributed by atoms with Crippen molar-refractivity contribution in [3.8, 4) is 11.5 Å². The van der Waals surface area contributed by atoms with Crippen molar-refractivity contribution in [3.05, 3.63) is 94.8 Å². The lowest BCUT2D eigenvalue weighted by molar-refractivity contribution is -0.140. The van der Waals surface area contributed by atoms with Crippen LogP contribution >= 0.6 is 0 Å². The van der Waals surface area contributed by atoms with E-state index in [-0.39, 0.29) is 23.3 Å². The summed E-state index contributed by atoms with van der Waals surface area (Å²) >= 11 is 0. The Morgan fingerprint density at radius 3 is 2.45 bits per heavy atom. The minimum atomic E-state index is -0.825. The van der Waals surface area contributed by atoms with Gasteiger partial charge in [0.05, 0.1) is 37.1 Å². The fourth-order valence-corrected chi connectivity index (χ4v) is 4.79. The van der Waals surface area contributed by atoms with Gasteiger partial charge in [-0.2, -0.15) is 0 Å². The molecule has 40 heavy (non-hydrogen) atoms. The summed E-state index contributed by atoms with van der Waals surface area (Å²) in [6, 6.07) is 17.3. The summed E-state index contributed by atoms with van der Waals surface area (Å²) in [7, 11) is 0. The van der Waals surface area contributed by atoms with Gasteiger partial charge in [-0.3, -0.25) is 14.6 Å². The Bertz CT molecular complexity index is 1410. The topological polar surface area (TPSA) is 89.0 Å². The number of nitrogens with zero attached hydrogens (tertiary/aromatic N) is 2. The normalized spacial score (nSPS) is 17.0. The molecule has 7 nitrogen and oxygen atoms in total. The molecule has 3 aromatic rings. The number of hydrogen-bond acceptors (Lipinski definition) is 6. The zero-order chi connectivity index (χ0) is 29.0. The van der Waals surface area contributed by atoms with E-state index in [4.69, 9.17) is 9.47 Å². The van der Waals surface area contributed by atoms with Gasteiger partial charge in [0.15, 0.2) is 0 Å². The van der Waals surface area contributed by atoms with Crippen molar-refractivity contribution in [3.63, 3.8) is 0 Å². The Labute approximate surface area is 236 Å². The number of pyridine rings is 1. The summed E-state index contributed by atoms with van der Waals surface area (Å²) < 4.78 is 11.8. The Morgan fingerprint density at radius 1 is 1.02 bits per heavy atom. The van der Waals surface area contributed by atoms with Crippen LogP contribution in [0, 0.1) is 5.92 Å². The van der Waals surface area contributed by atoms with Crippen molar-refractivity contribution >= 4 is 17.4 Å². The summed E-state index contributed by atoms with van der Waals surface area (Å²) in [6.45, 7) is 13.4. The molecule has 2 heterocycles. The van der Waals surface area contributed by atoms with Crippen LogP contribution in [0.5, 0.6) is 11.5 Å². The van der Waals surface area contributed by atoms with Crippen LogP contribution in [0.3, 0.4) is 0 Å². The molecule has 1 N–H and O–H groups in total. The van der Waals surface area contributed by atoms with E-state index in [9.17, 15) is 14.7 Å². The third-order valence-corrected chi connectivity index (χ3v) is 6.72. The highest BCUT2D eigenvalue weighted by atomic mass is 16.5. The van der Waals surface area contributed by atoms with Crippen molar-refractivity contribution in [2.75, 3.05) is 13.2 Å². The molecule has 0 aliphatic carbocycles. The molecule has 0 radical (unpaired) electrons. The van der Waals surface area contributed by atoms with Crippen molar-refractivity contribution in [2.24, 2.45) is 5.92 Å². The highest BCUT2D eigenvalue weighted by Gasteiger charge is 2.46. The van der Waals surface area contributed by atoms with E-state index in [1.54, 1.807) is 30.5 Å². The van der Waals surface area contributed by atoms with Crippen LogP contribution in [0.25, 0.3) is 5.76 Å². The second kappa shape index (κ2) is 11.9. The number of ether oxygens (including phenoxy) is 2. The molecule has 1 amide bonds. The summed E-state index contributed by atoms with van der Waals surface area (Å²) in [5.74, 6) is 0.0225. The van der Waals surface area contributed by atoms with Crippen LogP contribution in [0.4, 0.5) is 0 Å². The van der Waals surface area contributed by atoms with E-state index in [1.165, 1.54) is 4.90 Å². The van der Waals surface area contributed by atoms with E-state index < -0.39 is 17.7 Å². The van der Waals surface area contributed by atoms with E-state index >= 15 is 0 Å². The number of aliphatic hydroxyl groups excluding tert-OH is 1. The minimum absolute atomic E-state index is 0.0333. The Morgan fingerprint density at radius 2 is 1.80 bits per heavy atom. The zero-order valence-corrected chi connectivity index (χ0v) is 24.1. The first-order chi connectivity index (χ1) is 19.0. The first-order valence-corrected chi connectivity index (χ1v) is 13.7. The number of amides is 1. The molecule has 0 bridgehead atoms. The average Bonchev–Trinajstić information content (AvgIpc) is 3.17. The Hall–Kier alpha value is -4.13. The molecule has 1 fully saturated rings. The van der Waals surface area contributed by atoms with Crippen molar-refractivity contribution in [1.82, 2.24) is 9.88 Å². The summed E-state index contributed by atoms with van der Waals surface area (Å²) in [5.41, 5.74) is 2.39. The summed E-state index contributed by atoms with van der Waals surface area (Å²) in [6.07, 6.45) is 1.65. The standard InChI is InChI=1S/C33H38N2O5/c1-7-39-27-15-14-23(18-26(27)33(4,5)6)30(36)28-29(22-11-10-13-25(17-22)40-20-21(2)3)35(32(38)31(28)37)19-24-12-8-9-16-34-24/h8-18,21,29,36H,7,19-20H2,1-6H3/b30-28+. The molecule has 1 aliphatic heterocycles. The number of aliphatic hydroxyl groups is 1. The maximum atomic E-state index is 13.6. The number of carbonyl (C=O) groups is 2. The Balaban J connectivity index is 1.87. The number of benzene rings is 2. The van der Waals surface area contributed by atoms with Crippen LogP contribution in [0.1, 0.15) is 70.0 Å². The molecule has 1 aliphatic rings. The molecule has 1 atom stereocenters. The van der Waals surface area contributed by atoms with E-state index in [1.807, 2.05) is 43.3 Å². The highest BCUT2D eigenvalue weighted by molar-refractivity contribution is 6.46. The molecule has 4 rings (SSSR count). The lowest BCUT2D eigenvalue weighted by Gasteiger charge is -2.26. The third-order valence-electron chi connectivity index (χ3n) is 6.72. The molecule has 1 saturated heterocycles.